The van der Waals surface area contributed by atoms with Crippen molar-refractivity contribution < 1.29 is 25.3 Å². The molecule has 8 N–H and O–H groups in total. The fourth-order valence-electron chi connectivity index (χ4n) is 2.41. The third-order valence-corrected chi connectivity index (χ3v) is 3.44. The summed E-state index contributed by atoms with van der Waals surface area (Å²) in [5.74, 6) is -0.441. The topological polar surface area (TPSA) is 192 Å². The second kappa shape index (κ2) is 5.19. The van der Waals surface area contributed by atoms with Crippen LogP contribution in [0, 0.1) is 0 Å². The summed E-state index contributed by atoms with van der Waals surface area (Å²) in [6.07, 6.45) is -5.08. The molecule has 4 atom stereocenters. The van der Waals surface area contributed by atoms with Gasteiger partial charge in [0.25, 0.3) is 5.56 Å². The van der Waals surface area contributed by atoms with Crippen molar-refractivity contribution in [3.63, 3.8) is 0 Å². The maximum absolute atomic E-state index is 11.8. The lowest BCUT2D eigenvalue weighted by atomic mass is 10.1. The van der Waals surface area contributed by atoms with E-state index in [0.29, 0.717) is 0 Å². The first-order chi connectivity index (χ1) is 10.5. The minimum atomic E-state index is -1.44. The number of aromatic nitrogens is 4. The molecule has 22 heavy (non-hydrogen) atoms. The lowest BCUT2D eigenvalue weighted by Crippen LogP contribution is -2.33. The number of rotatable bonds is 3. The van der Waals surface area contributed by atoms with Crippen molar-refractivity contribution in [3.05, 3.63) is 10.4 Å². The highest BCUT2D eigenvalue weighted by atomic mass is 16.6. The first kappa shape index (κ1) is 14.7. The molecule has 2 aromatic rings. The Bertz CT molecular complexity index is 758. The minimum absolute atomic E-state index is 0.0624. The van der Waals surface area contributed by atoms with Crippen LogP contribution in [-0.2, 0) is 4.74 Å². The van der Waals surface area contributed by atoms with E-state index < -0.39 is 36.7 Å². The van der Waals surface area contributed by atoms with Crippen LogP contribution < -0.4 is 16.8 Å². The van der Waals surface area contributed by atoms with E-state index in [4.69, 9.17) is 20.8 Å². The van der Waals surface area contributed by atoms with Gasteiger partial charge >= 0.3 is 0 Å². The van der Waals surface area contributed by atoms with Crippen molar-refractivity contribution in [2.45, 2.75) is 24.5 Å². The molecule has 12 heteroatoms. The van der Waals surface area contributed by atoms with Crippen LogP contribution in [0.15, 0.2) is 4.79 Å². The summed E-state index contributed by atoms with van der Waals surface area (Å²) < 4.78 is 6.41. The highest BCUT2D eigenvalue weighted by Crippen LogP contribution is 2.33. The molecule has 0 radical (unpaired) electrons. The number of nitrogens with two attached hydrogens (primary N) is 1. The number of hydrogen-bond donors (Lipinski definition) is 7. The van der Waals surface area contributed by atoms with Gasteiger partial charge in [-0.25, -0.2) is 10.5 Å². The molecule has 2 aromatic heterocycles. The summed E-state index contributed by atoms with van der Waals surface area (Å²) in [6.45, 7) is -0.528. The summed E-state index contributed by atoms with van der Waals surface area (Å²) in [6, 6.07) is 0. The molecule has 0 unspecified atom stereocenters. The smallest absolute Gasteiger partial charge is 0.280 e. The zero-order valence-electron chi connectivity index (χ0n) is 11.0. The number of aliphatic hydroxyl groups excluding tert-OH is 3. The number of H-pyrrole nitrogens is 1. The Hall–Kier alpha value is -2.25. The van der Waals surface area contributed by atoms with Gasteiger partial charge in [-0.15, -0.1) is 0 Å². The fraction of sp³-hybridized carbons (Fsp3) is 0.500. The van der Waals surface area contributed by atoms with Gasteiger partial charge in [-0.05, 0) is 0 Å². The summed E-state index contributed by atoms with van der Waals surface area (Å²) in [7, 11) is 0. The minimum Gasteiger partial charge on any atom is -0.394 e. The molecule has 3 heterocycles. The number of hydrogen-bond acceptors (Lipinski definition) is 10. The van der Waals surface area contributed by atoms with Gasteiger partial charge in [-0.2, -0.15) is 4.98 Å². The predicted molar refractivity (Wildman–Crippen MR) is 71.0 cm³/mol. The number of anilines is 2. The van der Waals surface area contributed by atoms with Crippen molar-refractivity contribution >= 4 is 23.1 Å². The summed E-state index contributed by atoms with van der Waals surface area (Å²) >= 11 is 0. The third kappa shape index (κ3) is 2.01. The van der Waals surface area contributed by atoms with E-state index in [2.05, 4.69) is 15.0 Å². The third-order valence-electron chi connectivity index (χ3n) is 3.44. The Kier molecular flexibility index (Phi) is 3.46. The first-order valence-corrected chi connectivity index (χ1v) is 6.28. The normalized spacial score (nSPS) is 28.4. The lowest BCUT2D eigenvalue weighted by Gasteiger charge is -2.18. The van der Waals surface area contributed by atoms with E-state index in [1.54, 1.807) is 5.48 Å². The quantitative estimate of drug-likeness (QED) is 0.289. The summed E-state index contributed by atoms with van der Waals surface area (Å²) in [5.41, 5.74) is 6.37. The Morgan fingerprint density at radius 2 is 2.09 bits per heavy atom. The molecule has 0 saturated carbocycles. The average Bonchev–Trinajstić information content (AvgIpc) is 2.98. The molecule has 1 aliphatic rings. The van der Waals surface area contributed by atoms with Crippen LogP contribution >= 0.6 is 0 Å². The van der Waals surface area contributed by atoms with Crippen LogP contribution in [0.3, 0.4) is 0 Å². The SMILES string of the molecule is Nc1nc2c(nc(NO)n2[C@@H]2O[C@H](CO)[C@H](O)[C@@H]2O)c(=O)[nH]1. The van der Waals surface area contributed by atoms with Gasteiger partial charge in [0.15, 0.2) is 17.4 Å². The monoisotopic (exact) mass is 314 g/mol. The average molecular weight is 314 g/mol. The number of imidazole rings is 1. The van der Waals surface area contributed by atoms with E-state index in [9.17, 15) is 15.0 Å². The molecule has 0 bridgehead atoms. The number of nitrogens with zero attached hydrogens (tertiary/aromatic N) is 3. The van der Waals surface area contributed by atoms with Crippen LogP contribution in [0.1, 0.15) is 6.23 Å². The fourth-order valence-corrected chi connectivity index (χ4v) is 2.41. The Labute approximate surface area is 121 Å². The molecule has 1 fully saturated rings. The highest BCUT2D eigenvalue weighted by Gasteiger charge is 2.45. The molecule has 3 rings (SSSR count). The lowest BCUT2D eigenvalue weighted by molar-refractivity contribution is -0.0505. The van der Waals surface area contributed by atoms with E-state index in [-0.39, 0.29) is 23.1 Å². The van der Waals surface area contributed by atoms with E-state index in [1.807, 2.05) is 0 Å². The van der Waals surface area contributed by atoms with E-state index >= 15 is 0 Å². The number of nitrogen functional groups attached to an aromatic ring is 1. The van der Waals surface area contributed by atoms with E-state index in [0.717, 1.165) is 4.57 Å². The van der Waals surface area contributed by atoms with Crippen molar-refractivity contribution in [1.29, 1.82) is 0 Å². The Balaban J connectivity index is 2.20. The van der Waals surface area contributed by atoms with Gasteiger partial charge in [0.2, 0.25) is 11.9 Å². The van der Waals surface area contributed by atoms with Crippen molar-refractivity contribution in [1.82, 2.24) is 19.5 Å². The van der Waals surface area contributed by atoms with Crippen molar-refractivity contribution in [3.8, 4) is 0 Å². The largest absolute Gasteiger partial charge is 0.394 e. The zero-order chi connectivity index (χ0) is 16.0. The molecule has 0 spiro atoms. The van der Waals surface area contributed by atoms with Gasteiger partial charge in [-0.3, -0.25) is 19.6 Å². The van der Waals surface area contributed by atoms with Crippen LogP contribution in [-0.4, -0.2) is 65.0 Å². The number of aromatic amines is 1. The summed E-state index contributed by atoms with van der Waals surface area (Å²) in [4.78, 5) is 21.8. The molecular weight excluding hydrogens is 300 g/mol. The zero-order valence-corrected chi connectivity index (χ0v) is 11.0. The maximum atomic E-state index is 11.8. The van der Waals surface area contributed by atoms with Crippen LogP contribution in [0.5, 0.6) is 0 Å². The second-order valence-electron chi connectivity index (χ2n) is 4.77. The van der Waals surface area contributed by atoms with Crippen LogP contribution in [0.2, 0.25) is 0 Å². The molecule has 1 aliphatic heterocycles. The molecule has 0 amide bonds. The summed E-state index contributed by atoms with van der Waals surface area (Å²) in [5, 5.41) is 38.1. The van der Waals surface area contributed by atoms with E-state index in [1.165, 1.54) is 0 Å². The maximum Gasteiger partial charge on any atom is 0.280 e. The Morgan fingerprint density at radius 1 is 1.36 bits per heavy atom. The number of fused-ring (bicyclic) bond motifs is 1. The van der Waals surface area contributed by atoms with Crippen LogP contribution in [0.4, 0.5) is 11.9 Å². The van der Waals surface area contributed by atoms with Gasteiger partial charge in [-0.1, -0.05) is 0 Å². The van der Waals surface area contributed by atoms with Crippen LogP contribution in [0.25, 0.3) is 11.2 Å². The number of nitrogens with one attached hydrogen (secondary N) is 2. The van der Waals surface area contributed by atoms with Gasteiger partial charge < -0.3 is 25.8 Å². The molecular formula is C10H14N6O6. The number of aliphatic hydroxyl groups is 3. The van der Waals surface area contributed by atoms with Gasteiger partial charge in [0.1, 0.15) is 18.3 Å². The standard InChI is InChI=1S/C10H14N6O6/c11-9-13-6-3(7(20)14-9)12-10(15-21)16(6)8-5(19)4(18)2(1-17)22-8/h2,4-5,8,17-19,21H,1H2,(H,12,15)(H3,11,13,14,20)/t2-,4+,5+,8-/m1/s1. The molecule has 0 aromatic carbocycles. The molecule has 120 valence electrons. The molecule has 1 saturated heterocycles. The predicted octanol–water partition coefficient (Wildman–Crippen LogP) is -2.89. The second-order valence-corrected chi connectivity index (χ2v) is 4.77. The number of ether oxygens (including phenoxy) is 1. The van der Waals surface area contributed by atoms with Crippen molar-refractivity contribution in [2.24, 2.45) is 0 Å². The Morgan fingerprint density at radius 3 is 2.68 bits per heavy atom. The van der Waals surface area contributed by atoms with Gasteiger partial charge in [0.05, 0.1) is 6.61 Å². The highest BCUT2D eigenvalue weighted by molar-refractivity contribution is 5.74. The molecule has 0 aliphatic carbocycles. The molecule has 12 nitrogen and oxygen atoms in total. The first-order valence-electron chi connectivity index (χ1n) is 6.28. The van der Waals surface area contributed by atoms with Crippen molar-refractivity contribution in [2.75, 3.05) is 17.8 Å². The van der Waals surface area contributed by atoms with Gasteiger partial charge in [0, 0.05) is 0 Å².